The third-order valence-electron chi connectivity index (χ3n) is 3.65. The summed E-state index contributed by atoms with van der Waals surface area (Å²) in [5.74, 6) is 0.0785. The van der Waals surface area contributed by atoms with Crippen LogP contribution in [0.25, 0.3) is 0 Å². The van der Waals surface area contributed by atoms with Gasteiger partial charge >= 0.3 is 5.82 Å². The van der Waals surface area contributed by atoms with Crippen molar-refractivity contribution in [3.8, 4) is 0 Å². The van der Waals surface area contributed by atoms with Crippen molar-refractivity contribution in [3.63, 3.8) is 0 Å². The number of likely N-dealkylation sites (N-methyl/N-ethyl adjacent to an activating group) is 2. The molecule has 1 aromatic heterocycles. The van der Waals surface area contributed by atoms with E-state index in [-0.39, 0.29) is 18.3 Å². The largest absolute Gasteiger partial charge is 0.406 e. The van der Waals surface area contributed by atoms with Crippen LogP contribution in [0.5, 0.6) is 0 Å². The van der Waals surface area contributed by atoms with E-state index in [4.69, 9.17) is 0 Å². The molecule has 2 heterocycles. The third kappa shape index (κ3) is 3.30. The number of piperazine rings is 1. The van der Waals surface area contributed by atoms with Gasteiger partial charge < -0.3 is 24.8 Å². The molecule has 1 aromatic rings. The van der Waals surface area contributed by atoms with Crippen molar-refractivity contribution in [2.45, 2.75) is 0 Å². The summed E-state index contributed by atoms with van der Waals surface area (Å²) in [6.45, 7) is 3.18. The van der Waals surface area contributed by atoms with Crippen molar-refractivity contribution in [3.05, 3.63) is 16.4 Å². The number of hydrogen-bond acceptors (Lipinski definition) is 6. The van der Waals surface area contributed by atoms with Crippen LogP contribution in [0.3, 0.4) is 0 Å². The van der Waals surface area contributed by atoms with E-state index in [1.54, 1.807) is 28.5 Å². The first-order valence-corrected chi connectivity index (χ1v) is 6.73. The zero-order valence-electron chi connectivity index (χ0n) is 12.5. The molecule has 0 N–H and O–H groups in total. The number of hydrogen-bond donors (Lipinski definition) is 0. The lowest BCUT2D eigenvalue weighted by molar-refractivity contribution is -0.388. The van der Waals surface area contributed by atoms with Gasteiger partial charge in [-0.05, 0) is 17.0 Å². The van der Waals surface area contributed by atoms with Crippen molar-refractivity contribution in [2.75, 3.05) is 51.7 Å². The first-order valence-electron chi connectivity index (χ1n) is 6.73. The molecule has 0 unspecified atom stereocenters. The second kappa shape index (κ2) is 6.08. The molecule has 0 spiro atoms. The van der Waals surface area contributed by atoms with Gasteiger partial charge in [-0.2, -0.15) is 0 Å². The number of carbonyl (C=O) groups is 1. The van der Waals surface area contributed by atoms with Crippen molar-refractivity contribution >= 4 is 17.5 Å². The average Bonchev–Trinajstić information content (AvgIpc) is 2.81. The summed E-state index contributed by atoms with van der Waals surface area (Å²) in [5.41, 5.74) is 0. The van der Waals surface area contributed by atoms with E-state index in [0.717, 1.165) is 13.1 Å². The van der Waals surface area contributed by atoms with Gasteiger partial charge in [0.1, 0.15) is 0 Å². The molecule has 21 heavy (non-hydrogen) atoms. The summed E-state index contributed by atoms with van der Waals surface area (Å²) in [4.78, 5) is 32.0. The molecule has 2 rings (SSSR count). The van der Waals surface area contributed by atoms with Crippen LogP contribution in [0.4, 0.5) is 11.6 Å². The standard InChI is InChI=1S/C12H20N6O3/c1-14-4-6-17(7-5-14)10(19)8-15(2)12-11(18(20)21)13-9-16(12)3/h9H,4-8H2,1-3H3. The fourth-order valence-corrected chi connectivity index (χ4v) is 2.41. The predicted octanol–water partition coefficient (Wildman–Crippen LogP) is -0.461. The van der Waals surface area contributed by atoms with E-state index in [2.05, 4.69) is 9.88 Å². The summed E-state index contributed by atoms with van der Waals surface area (Å²) in [7, 11) is 5.36. The fourth-order valence-electron chi connectivity index (χ4n) is 2.41. The highest BCUT2D eigenvalue weighted by Crippen LogP contribution is 2.24. The zero-order valence-corrected chi connectivity index (χ0v) is 12.5. The van der Waals surface area contributed by atoms with E-state index in [9.17, 15) is 14.9 Å². The second-order valence-corrected chi connectivity index (χ2v) is 5.30. The highest BCUT2D eigenvalue weighted by molar-refractivity contribution is 5.81. The quantitative estimate of drug-likeness (QED) is 0.552. The van der Waals surface area contributed by atoms with Crippen molar-refractivity contribution in [2.24, 2.45) is 7.05 Å². The maximum Gasteiger partial charge on any atom is 0.406 e. The normalized spacial score (nSPS) is 16.0. The number of anilines is 1. The minimum atomic E-state index is -0.536. The number of aromatic nitrogens is 2. The van der Waals surface area contributed by atoms with Gasteiger partial charge in [-0.15, -0.1) is 0 Å². The van der Waals surface area contributed by atoms with Gasteiger partial charge in [0.05, 0.1) is 6.54 Å². The number of nitro groups is 1. The molecule has 116 valence electrons. The summed E-state index contributed by atoms with van der Waals surface area (Å²) in [6.07, 6.45) is 1.38. The molecule has 1 amide bonds. The minimum absolute atomic E-state index is 0.0268. The monoisotopic (exact) mass is 296 g/mol. The molecular weight excluding hydrogens is 276 g/mol. The van der Waals surface area contributed by atoms with Crippen LogP contribution < -0.4 is 4.90 Å². The number of aryl methyl sites for hydroxylation is 1. The van der Waals surface area contributed by atoms with Crippen LogP contribution >= 0.6 is 0 Å². The van der Waals surface area contributed by atoms with Crippen molar-refractivity contribution in [1.82, 2.24) is 19.4 Å². The van der Waals surface area contributed by atoms with Crippen LogP contribution in [-0.2, 0) is 11.8 Å². The van der Waals surface area contributed by atoms with E-state index >= 15 is 0 Å². The molecule has 0 saturated carbocycles. The molecule has 0 aromatic carbocycles. The highest BCUT2D eigenvalue weighted by Gasteiger charge is 2.26. The van der Waals surface area contributed by atoms with Gasteiger partial charge in [-0.25, -0.2) is 0 Å². The van der Waals surface area contributed by atoms with Gasteiger partial charge in [0.25, 0.3) is 0 Å². The molecule has 0 aliphatic carbocycles. The van der Waals surface area contributed by atoms with Crippen LogP contribution in [0.1, 0.15) is 0 Å². The van der Waals surface area contributed by atoms with Crippen LogP contribution in [0.15, 0.2) is 6.33 Å². The molecule has 0 bridgehead atoms. The lowest BCUT2D eigenvalue weighted by atomic mass is 10.3. The maximum absolute atomic E-state index is 12.3. The topological polar surface area (TPSA) is 87.8 Å². The smallest absolute Gasteiger partial charge is 0.358 e. The van der Waals surface area contributed by atoms with E-state index < -0.39 is 4.92 Å². The minimum Gasteiger partial charge on any atom is -0.358 e. The predicted molar refractivity (Wildman–Crippen MR) is 77.2 cm³/mol. The molecule has 0 radical (unpaired) electrons. The van der Waals surface area contributed by atoms with Crippen LogP contribution in [0, 0.1) is 10.1 Å². The summed E-state index contributed by atoms with van der Waals surface area (Å²) >= 11 is 0. The molecule has 1 fully saturated rings. The van der Waals surface area contributed by atoms with Gasteiger partial charge in [-0.3, -0.25) is 9.36 Å². The van der Waals surface area contributed by atoms with Gasteiger partial charge in [-0.1, -0.05) is 0 Å². The molecule has 0 atom stereocenters. The Morgan fingerprint density at radius 2 is 2.00 bits per heavy atom. The Bertz CT molecular complexity index is 535. The zero-order chi connectivity index (χ0) is 15.6. The van der Waals surface area contributed by atoms with E-state index in [1.807, 2.05) is 7.05 Å². The second-order valence-electron chi connectivity index (χ2n) is 5.30. The maximum atomic E-state index is 12.3. The number of carbonyl (C=O) groups excluding carboxylic acids is 1. The van der Waals surface area contributed by atoms with Gasteiger partial charge in [0, 0.05) is 40.3 Å². The van der Waals surface area contributed by atoms with E-state index in [1.165, 1.54) is 6.33 Å². The van der Waals surface area contributed by atoms with Crippen LogP contribution in [-0.4, -0.2) is 77.0 Å². The van der Waals surface area contributed by atoms with Crippen LogP contribution in [0.2, 0.25) is 0 Å². The lowest BCUT2D eigenvalue weighted by Crippen LogP contribution is -2.49. The molecular formula is C12H20N6O3. The molecule has 9 heteroatoms. The first kappa shape index (κ1) is 15.2. The Morgan fingerprint density at radius 1 is 1.38 bits per heavy atom. The van der Waals surface area contributed by atoms with Gasteiger partial charge in [0.2, 0.25) is 18.1 Å². The molecule has 1 saturated heterocycles. The molecule has 1 aliphatic rings. The van der Waals surface area contributed by atoms with Crippen molar-refractivity contribution < 1.29 is 9.72 Å². The molecule has 1 aliphatic heterocycles. The molecule has 9 nitrogen and oxygen atoms in total. The average molecular weight is 296 g/mol. The SMILES string of the molecule is CN1CCN(C(=O)CN(C)c2c([N+](=O)[O-])ncn2C)CC1. The number of imidazole rings is 1. The Kier molecular flexibility index (Phi) is 4.41. The summed E-state index contributed by atoms with van der Waals surface area (Å²) < 4.78 is 1.55. The summed E-state index contributed by atoms with van der Waals surface area (Å²) in [5, 5.41) is 11.0. The Hall–Kier alpha value is -2.16. The lowest BCUT2D eigenvalue weighted by Gasteiger charge is -2.33. The third-order valence-corrected chi connectivity index (χ3v) is 3.65. The Morgan fingerprint density at radius 3 is 2.57 bits per heavy atom. The highest BCUT2D eigenvalue weighted by atomic mass is 16.6. The number of amides is 1. The van der Waals surface area contributed by atoms with E-state index in [0.29, 0.717) is 18.9 Å². The summed E-state index contributed by atoms with van der Waals surface area (Å²) in [6, 6.07) is 0. The number of rotatable bonds is 4. The Balaban J connectivity index is 2.04. The first-order chi connectivity index (χ1) is 9.90. The number of nitrogens with zero attached hydrogens (tertiary/aromatic N) is 6. The van der Waals surface area contributed by atoms with Gasteiger partial charge in [0.15, 0.2) is 0 Å². The van der Waals surface area contributed by atoms with Crippen molar-refractivity contribution in [1.29, 1.82) is 0 Å². The fraction of sp³-hybridized carbons (Fsp3) is 0.667. The Labute approximate surface area is 122 Å².